The molecule has 0 bridgehead atoms. The van der Waals surface area contributed by atoms with Crippen molar-refractivity contribution in [1.29, 1.82) is 0 Å². The van der Waals surface area contributed by atoms with Crippen LogP contribution < -0.4 is 0 Å². The van der Waals surface area contributed by atoms with Crippen molar-refractivity contribution >= 4 is 34.1 Å². The highest BCUT2D eigenvalue weighted by atomic mass is 35.5. The molecular weight excluding hydrogens is 293 g/mol. The molecule has 0 amide bonds. The molecule has 0 atom stereocenters. The van der Waals surface area contributed by atoms with E-state index in [1.807, 2.05) is 36.5 Å². The Morgan fingerprint density at radius 3 is 2.60 bits per heavy atom. The van der Waals surface area contributed by atoms with Crippen molar-refractivity contribution in [3.8, 4) is 0 Å². The lowest BCUT2D eigenvalue weighted by atomic mass is 10.2. The molecule has 2 aromatic carbocycles. The number of rotatable bonds is 3. The lowest BCUT2D eigenvalue weighted by molar-refractivity contribution is 0.283. The Hall–Kier alpha value is -1.48. The number of hydrogen-bond donors (Lipinski definition) is 1. The SMILES string of the molecule is OCc1cn(Cc2cc(Cl)ccc2Cl)c2ccccc12. The van der Waals surface area contributed by atoms with Crippen LogP contribution in [0.15, 0.2) is 48.7 Å². The van der Waals surface area contributed by atoms with Crippen LogP contribution in [-0.2, 0) is 13.2 Å². The lowest BCUT2D eigenvalue weighted by Crippen LogP contribution is -1.98. The average molecular weight is 306 g/mol. The zero-order valence-electron chi connectivity index (χ0n) is 10.7. The highest BCUT2D eigenvalue weighted by molar-refractivity contribution is 6.33. The van der Waals surface area contributed by atoms with Crippen LogP contribution in [0, 0.1) is 0 Å². The topological polar surface area (TPSA) is 25.2 Å². The summed E-state index contributed by atoms with van der Waals surface area (Å²) in [6, 6.07) is 13.5. The molecule has 102 valence electrons. The quantitative estimate of drug-likeness (QED) is 0.758. The van der Waals surface area contributed by atoms with E-state index in [9.17, 15) is 5.11 Å². The lowest BCUT2D eigenvalue weighted by Gasteiger charge is -2.08. The molecule has 4 heteroatoms. The second kappa shape index (κ2) is 5.49. The molecular formula is C16H13Cl2NO. The van der Waals surface area contributed by atoms with Crippen LogP contribution in [0.4, 0.5) is 0 Å². The average Bonchev–Trinajstić information content (AvgIpc) is 2.81. The Balaban J connectivity index is 2.09. The number of aliphatic hydroxyl groups is 1. The molecule has 0 saturated carbocycles. The maximum atomic E-state index is 9.45. The van der Waals surface area contributed by atoms with E-state index in [1.165, 1.54) is 0 Å². The first kappa shape index (κ1) is 13.5. The number of benzene rings is 2. The maximum Gasteiger partial charge on any atom is 0.0702 e. The molecule has 0 unspecified atom stereocenters. The van der Waals surface area contributed by atoms with Gasteiger partial charge in [0.2, 0.25) is 0 Å². The minimum atomic E-state index is 0.0246. The summed E-state index contributed by atoms with van der Waals surface area (Å²) in [5.41, 5.74) is 2.95. The van der Waals surface area contributed by atoms with Gasteiger partial charge in [-0.2, -0.15) is 0 Å². The number of halogens is 2. The highest BCUT2D eigenvalue weighted by Crippen LogP contribution is 2.26. The van der Waals surface area contributed by atoms with Crippen molar-refractivity contribution in [3.05, 3.63) is 69.8 Å². The van der Waals surface area contributed by atoms with Gasteiger partial charge >= 0.3 is 0 Å². The fourth-order valence-corrected chi connectivity index (χ4v) is 2.80. The number of aliphatic hydroxyl groups excluding tert-OH is 1. The Bertz CT molecular complexity index is 764. The van der Waals surface area contributed by atoms with Gasteiger partial charge in [-0.25, -0.2) is 0 Å². The van der Waals surface area contributed by atoms with Crippen LogP contribution in [0.2, 0.25) is 10.0 Å². The molecule has 0 saturated heterocycles. The van der Waals surface area contributed by atoms with E-state index in [4.69, 9.17) is 23.2 Å². The summed E-state index contributed by atoms with van der Waals surface area (Å²) in [4.78, 5) is 0. The summed E-state index contributed by atoms with van der Waals surface area (Å²) in [5, 5.41) is 11.9. The predicted molar refractivity (Wildman–Crippen MR) is 83.4 cm³/mol. The van der Waals surface area contributed by atoms with Gasteiger partial charge in [0.25, 0.3) is 0 Å². The monoisotopic (exact) mass is 305 g/mol. The van der Waals surface area contributed by atoms with E-state index >= 15 is 0 Å². The highest BCUT2D eigenvalue weighted by Gasteiger charge is 2.09. The summed E-state index contributed by atoms with van der Waals surface area (Å²) >= 11 is 12.2. The number of para-hydroxylation sites is 1. The van der Waals surface area contributed by atoms with Crippen LogP contribution in [0.3, 0.4) is 0 Å². The summed E-state index contributed by atoms with van der Waals surface area (Å²) < 4.78 is 2.08. The summed E-state index contributed by atoms with van der Waals surface area (Å²) in [6.07, 6.45) is 1.96. The normalized spacial score (nSPS) is 11.2. The first-order valence-electron chi connectivity index (χ1n) is 6.30. The summed E-state index contributed by atoms with van der Waals surface area (Å²) in [7, 11) is 0. The third-order valence-electron chi connectivity index (χ3n) is 3.39. The molecule has 3 aromatic rings. The smallest absolute Gasteiger partial charge is 0.0702 e. The van der Waals surface area contributed by atoms with E-state index in [-0.39, 0.29) is 6.61 Å². The molecule has 0 fully saturated rings. The van der Waals surface area contributed by atoms with Crippen molar-refractivity contribution in [2.45, 2.75) is 13.2 Å². The van der Waals surface area contributed by atoms with Crippen molar-refractivity contribution < 1.29 is 5.11 Å². The molecule has 0 spiro atoms. The molecule has 0 radical (unpaired) electrons. The number of aromatic nitrogens is 1. The van der Waals surface area contributed by atoms with Gasteiger partial charge in [0.1, 0.15) is 0 Å². The number of hydrogen-bond acceptors (Lipinski definition) is 1. The zero-order valence-corrected chi connectivity index (χ0v) is 12.2. The predicted octanol–water partition coefficient (Wildman–Crippen LogP) is 4.49. The minimum Gasteiger partial charge on any atom is -0.392 e. The van der Waals surface area contributed by atoms with Gasteiger partial charge in [-0.1, -0.05) is 41.4 Å². The van der Waals surface area contributed by atoms with Gasteiger partial charge in [0, 0.05) is 39.3 Å². The molecule has 20 heavy (non-hydrogen) atoms. The molecule has 0 aliphatic heterocycles. The van der Waals surface area contributed by atoms with Gasteiger partial charge in [-0.15, -0.1) is 0 Å². The van der Waals surface area contributed by atoms with Gasteiger partial charge in [0.05, 0.1) is 6.61 Å². The van der Waals surface area contributed by atoms with Crippen LogP contribution in [0.1, 0.15) is 11.1 Å². The van der Waals surface area contributed by atoms with E-state index in [1.54, 1.807) is 12.1 Å². The van der Waals surface area contributed by atoms with E-state index in [0.717, 1.165) is 22.0 Å². The molecule has 1 N–H and O–H groups in total. The van der Waals surface area contributed by atoms with Crippen LogP contribution in [-0.4, -0.2) is 9.67 Å². The molecule has 0 aliphatic rings. The second-order valence-electron chi connectivity index (χ2n) is 4.69. The second-order valence-corrected chi connectivity index (χ2v) is 5.54. The van der Waals surface area contributed by atoms with E-state index in [0.29, 0.717) is 16.6 Å². The maximum absolute atomic E-state index is 9.45. The van der Waals surface area contributed by atoms with Crippen molar-refractivity contribution in [2.24, 2.45) is 0 Å². The van der Waals surface area contributed by atoms with Crippen molar-refractivity contribution in [2.75, 3.05) is 0 Å². The number of fused-ring (bicyclic) bond motifs is 1. The van der Waals surface area contributed by atoms with Gasteiger partial charge < -0.3 is 9.67 Å². The van der Waals surface area contributed by atoms with Crippen molar-refractivity contribution in [1.82, 2.24) is 4.57 Å². The van der Waals surface area contributed by atoms with E-state index in [2.05, 4.69) is 4.57 Å². The molecule has 1 aromatic heterocycles. The third kappa shape index (κ3) is 2.42. The number of nitrogens with zero attached hydrogens (tertiary/aromatic N) is 1. The molecule has 0 aliphatic carbocycles. The summed E-state index contributed by atoms with van der Waals surface area (Å²) in [5.74, 6) is 0. The van der Waals surface area contributed by atoms with Crippen LogP contribution in [0.5, 0.6) is 0 Å². The molecule has 1 heterocycles. The van der Waals surface area contributed by atoms with Crippen molar-refractivity contribution in [3.63, 3.8) is 0 Å². The van der Waals surface area contributed by atoms with Gasteiger partial charge in [-0.05, 0) is 29.8 Å². The Kier molecular flexibility index (Phi) is 3.70. The van der Waals surface area contributed by atoms with E-state index < -0.39 is 0 Å². The van der Waals surface area contributed by atoms with Crippen LogP contribution >= 0.6 is 23.2 Å². The first-order valence-corrected chi connectivity index (χ1v) is 7.06. The minimum absolute atomic E-state index is 0.0246. The largest absolute Gasteiger partial charge is 0.392 e. The Morgan fingerprint density at radius 1 is 1.00 bits per heavy atom. The fourth-order valence-electron chi connectivity index (χ4n) is 2.43. The fraction of sp³-hybridized carbons (Fsp3) is 0.125. The third-order valence-corrected chi connectivity index (χ3v) is 3.99. The summed E-state index contributed by atoms with van der Waals surface area (Å²) in [6.45, 7) is 0.650. The first-order chi connectivity index (χ1) is 9.69. The zero-order chi connectivity index (χ0) is 14.1. The van der Waals surface area contributed by atoms with Crippen LogP contribution in [0.25, 0.3) is 10.9 Å². The standard InChI is InChI=1S/C16H13Cl2NO/c17-13-5-6-15(18)11(7-13)8-19-9-12(10-20)14-3-1-2-4-16(14)19/h1-7,9,20H,8,10H2. The Morgan fingerprint density at radius 2 is 1.80 bits per heavy atom. The molecule has 2 nitrogen and oxygen atoms in total. The Labute approximate surface area is 127 Å². The molecule has 3 rings (SSSR count). The van der Waals surface area contributed by atoms with Gasteiger partial charge in [-0.3, -0.25) is 0 Å². The van der Waals surface area contributed by atoms with Gasteiger partial charge in [0.15, 0.2) is 0 Å².